The molecular formula is C22H18ClFN2O2. The van der Waals surface area contributed by atoms with Crippen molar-refractivity contribution in [3.8, 4) is 11.1 Å². The summed E-state index contributed by atoms with van der Waals surface area (Å²) in [7, 11) is 0. The second kappa shape index (κ2) is 7.60. The zero-order valence-corrected chi connectivity index (χ0v) is 15.7. The van der Waals surface area contributed by atoms with E-state index < -0.39 is 5.82 Å². The predicted octanol–water partition coefficient (Wildman–Crippen LogP) is 4.31. The number of benzene rings is 3. The number of amides is 2. The van der Waals surface area contributed by atoms with Gasteiger partial charge in [-0.1, -0.05) is 35.9 Å². The minimum atomic E-state index is -0.454. The summed E-state index contributed by atoms with van der Waals surface area (Å²) in [5.74, 6) is -0.599. The van der Waals surface area contributed by atoms with Gasteiger partial charge in [-0.15, -0.1) is 0 Å². The van der Waals surface area contributed by atoms with Crippen molar-refractivity contribution < 1.29 is 14.0 Å². The number of carbonyl (C=O) groups is 2. The van der Waals surface area contributed by atoms with E-state index in [0.717, 1.165) is 28.3 Å². The minimum Gasteiger partial charge on any atom is -0.352 e. The van der Waals surface area contributed by atoms with Gasteiger partial charge in [0.15, 0.2) is 0 Å². The van der Waals surface area contributed by atoms with Gasteiger partial charge >= 0.3 is 0 Å². The summed E-state index contributed by atoms with van der Waals surface area (Å²) in [6.45, 7) is 0.420. The first-order chi connectivity index (χ1) is 13.5. The van der Waals surface area contributed by atoms with Gasteiger partial charge in [0.2, 0.25) is 5.91 Å². The van der Waals surface area contributed by atoms with Gasteiger partial charge in [0.05, 0.1) is 5.02 Å². The zero-order chi connectivity index (χ0) is 19.7. The lowest BCUT2D eigenvalue weighted by molar-refractivity contribution is -0.119. The molecule has 1 heterocycles. The van der Waals surface area contributed by atoms with Gasteiger partial charge in [0.25, 0.3) is 5.91 Å². The first-order valence-corrected chi connectivity index (χ1v) is 9.44. The first-order valence-electron chi connectivity index (χ1n) is 9.06. The van der Waals surface area contributed by atoms with Crippen molar-refractivity contribution >= 4 is 34.2 Å². The lowest BCUT2D eigenvalue weighted by Gasteiger charge is -2.12. The number of fused-ring (bicyclic) bond motifs is 1. The van der Waals surface area contributed by atoms with Crippen LogP contribution in [0.1, 0.15) is 23.2 Å². The normalized spacial score (nSPS) is 16.2. The molecule has 4 rings (SSSR count). The molecule has 1 fully saturated rings. The van der Waals surface area contributed by atoms with E-state index in [-0.39, 0.29) is 22.9 Å². The van der Waals surface area contributed by atoms with Crippen molar-refractivity contribution in [3.63, 3.8) is 0 Å². The van der Waals surface area contributed by atoms with Crippen LogP contribution >= 0.6 is 11.6 Å². The molecule has 3 aromatic carbocycles. The minimum absolute atomic E-state index is 0.000707. The Hall–Kier alpha value is -2.92. The van der Waals surface area contributed by atoms with E-state index in [1.165, 1.54) is 12.1 Å². The third kappa shape index (κ3) is 3.85. The van der Waals surface area contributed by atoms with Gasteiger partial charge < -0.3 is 10.6 Å². The molecular weight excluding hydrogens is 379 g/mol. The number of rotatable bonds is 4. The largest absolute Gasteiger partial charge is 0.352 e. The van der Waals surface area contributed by atoms with Gasteiger partial charge in [-0.05, 0) is 58.7 Å². The summed E-state index contributed by atoms with van der Waals surface area (Å²) in [5, 5.41) is 7.66. The Bertz CT molecular complexity index is 1080. The van der Waals surface area contributed by atoms with E-state index in [0.29, 0.717) is 18.5 Å². The van der Waals surface area contributed by atoms with Crippen LogP contribution in [0.3, 0.4) is 0 Å². The van der Waals surface area contributed by atoms with Crippen LogP contribution in [0.2, 0.25) is 5.02 Å². The Kier molecular flexibility index (Phi) is 5.01. The fourth-order valence-electron chi connectivity index (χ4n) is 3.39. The molecule has 1 saturated heterocycles. The average Bonchev–Trinajstić information content (AvgIpc) is 3.12. The predicted molar refractivity (Wildman–Crippen MR) is 108 cm³/mol. The van der Waals surface area contributed by atoms with E-state index in [1.807, 2.05) is 30.3 Å². The molecule has 2 N–H and O–H groups in total. The van der Waals surface area contributed by atoms with Crippen molar-refractivity contribution in [1.29, 1.82) is 0 Å². The van der Waals surface area contributed by atoms with Crippen LogP contribution < -0.4 is 10.6 Å². The molecule has 1 atom stereocenters. The molecule has 0 spiro atoms. The fraction of sp³-hybridized carbons (Fsp3) is 0.182. The molecule has 6 heteroatoms. The van der Waals surface area contributed by atoms with Crippen molar-refractivity contribution in [2.24, 2.45) is 0 Å². The smallest absolute Gasteiger partial charge is 0.251 e. The second-order valence-electron chi connectivity index (χ2n) is 6.92. The third-order valence-corrected chi connectivity index (χ3v) is 5.26. The molecule has 142 valence electrons. The number of hydrogen-bond acceptors (Lipinski definition) is 2. The average molecular weight is 397 g/mol. The van der Waals surface area contributed by atoms with Crippen LogP contribution in [0, 0.1) is 5.82 Å². The molecule has 0 radical (unpaired) electrons. The van der Waals surface area contributed by atoms with Crippen LogP contribution in [0.25, 0.3) is 21.9 Å². The number of carbonyl (C=O) groups excluding carboxylic acids is 2. The lowest BCUT2D eigenvalue weighted by Crippen LogP contribution is -2.38. The van der Waals surface area contributed by atoms with E-state index in [9.17, 15) is 14.0 Å². The zero-order valence-electron chi connectivity index (χ0n) is 15.0. The van der Waals surface area contributed by atoms with Crippen LogP contribution in [-0.4, -0.2) is 24.4 Å². The molecule has 4 nitrogen and oxygen atoms in total. The Morgan fingerprint density at radius 3 is 2.54 bits per heavy atom. The van der Waals surface area contributed by atoms with Crippen molar-refractivity contribution in [3.05, 3.63) is 71.0 Å². The van der Waals surface area contributed by atoms with Crippen LogP contribution in [0.15, 0.2) is 54.6 Å². The van der Waals surface area contributed by atoms with E-state index >= 15 is 0 Å². The Balaban J connectivity index is 1.52. The molecule has 0 aliphatic carbocycles. The van der Waals surface area contributed by atoms with Crippen molar-refractivity contribution in [2.45, 2.75) is 18.9 Å². The fourth-order valence-corrected chi connectivity index (χ4v) is 3.51. The molecule has 0 bridgehead atoms. The summed E-state index contributed by atoms with van der Waals surface area (Å²) in [4.78, 5) is 23.6. The van der Waals surface area contributed by atoms with E-state index in [1.54, 1.807) is 12.1 Å². The maximum atomic E-state index is 13.7. The van der Waals surface area contributed by atoms with Gasteiger partial charge in [0.1, 0.15) is 5.82 Å². The number of hydrogen-bond donors (Lipinski definition) is 2. The highest BCUT2D eigenvalue weighted by molar-refractivity contribution is 6.30. The summed E-state index contributed by atoms with van der Waals surface area (Å²) < 4.78 is 13.7. The number of halogens is 2. The highest BCUT2D eigenvalue weighted by Crippen LogP contribution is 2.27. The Labute approximate surface area is 166 Å². The molecule has 3 aromatic rings. The summed E-state index contributed by atoms with van der Waals surface area (Å²) >= 11 is 5.75. The number of nitrogens with one attached hydrogen (secondary N) is 2. The molecule has 0 aromatic heterocycles. The summed E-state index contributed by atoms with van der Waals surface area (Å²) in [6.07, 6.45) is 1.25. The highest BCUT2D eigenvalue weighted by atomic mass is 35.5. The molecule has 2 amide bonds. The van der Waals surface area contributed by atoms with E-state index in [2.05, 4.69) is 10.6 Å². The molecule has 28 heavy (non-hydrogen) atoms. The van der Waals surface area contributed by atoms with Crippen LogP contribution in [0.5, 0.6) is 0 Å². The summed E-state index contributed by atoms with van der Waals surface area (Å²) in [6, 6.07) is 15.9. The molecule has 0 saturated carbocycles. The maximum Gasteiger partial charge on any atom is 0.251 e. The van der Waals surface area contributed by atoms with Crippen LogP contribution in [0.4, 0.5) is 4.39 Å². The third-order valence-electron chi connectivity index (χ3n) is 4.95. The van der Waals surface area contributed by atoms with Gasteiger partial charge in [-0.3, -0.25) is 9.59 Å². The quantitative estimate of drug-likeness (QED) is 0.690. The Morgan fingerprint density at radius 1 is 1.07 bits per heavy atom. The second-order valence-corrected chi connectivity index (χ2v) is 7.33. The maximum absolute atomic E-state index is 13.7. The topological polar surface area (TPSA) is 58.2 Å². The Morgan fingerprint density at radius 2 is 1.79 bits per heavy atom. The lowest BCUT2D eigenvalue weighted by atomic mass is 9.99. The van der Waals surface area contributed by atoms with E-state index in [4.69, 9.17) is 11.6 Å². The highest BCUT2D eigenvalue weighted by Gasteiger charge is 2.21. The standard InChI is InChI=1S/C22H18ClFN2O2/c23-19-7-5-16(11-20(19)24)14-1-2-15-10-17(4-3-13(15)9-14)22(28)25-12-18-6-8-21(27)26-18/h1-5,7,9-11,18H,6,8,12H2,(H,25,28)(H,26,27). The van der Waals surface area contributed by atoms with Gasteiger partial charge in [-0.2, -0.15) is 0 Å². The summed E-state index contributed by atoms with van der Waals surface area (Å²) in [5.41, 5.74) is 2.17. The van der Waals surface area contributed by atoms with Gasteiger partial charge in [-0.25, -0.2) is 4.39 Å². The molecule has 1 unspecified atom stereocenters. The SMILES string of the molecule is O=C1CCC(CNC(=O)c2ccc3cc(-c4ccc(Cl)c(F)c4)ccc3c2)N1. The molecule has 1 aliphatic rings. The first kappa shape index (κ1) is 18.4. The van der Waals surface area contributed by atoms with Crippen LogP contribution in [-0.2, 0) is 4.79 Å². The van der Waals surface area contributed by atoms with Crippen molar-refractivity contribution in [1.82, 2.24) is 10.6 Å². The van der Waals surface area contributed by atoms with Gasteiger partial charge in [0, 0.05) is 24.6 Å². The monoisotopic (exact) mass is 396 g/mol. The van der Waals surface area contributed by atoms with Crippen molar-refractivity contribution in [2.75, 3.05) is 6.54 Å². The molecule has 1 aliphatic heterocycles.